The van der Waals surface area contributed by atoms with Crippen molar-refractivity contribution < 1.29 is 36.0 Å². The van der Waals surface area contributed by atoms with Crippen LogP contribution in [0.2, 0.25) is 0 Å². The monoisotopic (exact) mass is 562 g/mol. The van der Waals surface area contributed by atoms with E-state index in [-0.39, 0.29) is 17.1 Å². The fourth-order valence-electron chi connectivity index (χ4n) is 4.85. The Kier molecular flexibility index (Phi) is 7.19. The van der Waals surface area contributed by atoms with Crippen molar-refractivity contribution in [2.75, 3.05) is 28.4 Å². The van der Waals surface area contributed by atoms with Gasteiger partial charge in [-0.25, -0.2) is 9.97 Å². The van der Waals surface area contributed by atoms with Gasteiger partial charge in [0.1, 0.15) is 5.69 Å². The molecule has 3 aromatic heterocycles. The maximum Gasteiger partial charge on any atom is 0.192 e. The molecule has 2 aliphatic heterocycles. The summed E-state index contributed by atoms with van der Waals surface area (Å²) in [7, 11) is 6.39. The Morgan fingerprint density at radius 1 is 0.538 bits per heavy atom. The van der Waals surface area contributed by atoms with Crippen molar-refractivity contribution in [2.45, 2.75) is 0 Å². The van der Waals surface area contributed by atoms with E-state index in [2.05, 4.69) is 9.97 Å². The first-order valence-corrected chi connectivity index (χ1v) is 12.1. The summed E-state index contributed by atoms with van der Waals surface area (Å²) in [5.41, 5.74) is 7.77. The third kappa shape index (κ3) is 4.56. The summed E-state index contributed by atoms with van der Waals surface area (Å²) in [5.74, 6) is 1.93. The predicted octanol–water partition coefficient (Wildman–Crippen LogP) is 6.00. The molecule has 0 unspecified atom stereocenters. The van der Waals surface area contributed by atoms with Gasteiger partial charge in [-0.15, -0.1) is 0 Å². The molecule has 0 amide bonds. The molecule has 0 saturated heterocycles. The number of nitrogens with zero attached hydrogens (tertiary/aromatic N) is 2. The van der Waals surface area contributed by atoms with Gasteiger partial charge in [0.15, 0.2) is 34.4 Å². The number of aromatic amines is 2. The van der Waals surface area contributed by atoms with Gasteiger partial charge in [0.25, 0.3) is 0 Å². The van der Waals surface area contributed by atoms with Crippen LogP contribution in [-0.4, -0.2) is 48.4 Å². The Balaban J connectivity index is 0.00000308. The van der Waals surface area contributed by atoms with Crippen LogP contribution in [0.5, 0.6) is 5.75 Å². The van der Waals surface area contributed by atoms with E-state index in [1.807, 2.05) is 72.8 Å². The van der Waals surface area contributed by atoms with Gasteiger partial charge in [-0.2, -0.15) is 0 Å². The largest absolute Gasteiger partial charge is 0.494 e. The molecular weight excluding hydrogens is 536 g/mol. The van der Waals surface area contributed by atoms with Crippen LogP contribution in [0.25, 0.3) is 44.9 Å². The minimum atomic E-state index is 0. The van der Waals surface area contributed by atoms with Crippen molar-refractivity contribution >= 4 is 44.9 Å². The standard InChI is InChI=1S/C30H26N4O4.Fe/c1-35-27-23-16-21-13-11-19(32-21)14-18-10-12-20(31-18)15-22-24(17-8-6-5-7-9-17)28(36-2)25(33-22)29(37-3)26(34-23)30(27)38-4;/h5-16,31-32H,1-4H3;. The maximum atomic E-state index is 5.98. The van der Waals surface area contributed by atoms with E-state index in [4.69, 9.17) is 28.9 Å². The first kappa shape index (κ1) is 26.2. The number of H-pyrrole nitrogens is 2. The number of hydrogen-bond acceptors (Lipinski definition) is 6. The second-order valence-corrected chi connectivity index (χ2v) is 8.74. The van der Waals surface area contributed by atoms with E-state index in [1.165, 1.54) is 0 Å². The predicted molar refractivity (Wildman–Crippen MR) is 148 cm³/mol. The zero-order chi connectivity index (χ0) is 26.2. The smallest absolute Gasteiger partial charge is 0.192 e. The molecule has 0 aliphatic carbocycles. The van der Waals surface area contributed by atoms with E-state index in [9.17, 15) is 0 Å². The third-order valence-corrected chi connectivity index (χ3v) is 6.48. The van der Waals surface area contributed by atoms with Gasteiger partial charge in [0.2, 0.25) is 0 Å². The number of aromatic nitrogens is 4. The van der Waals surface area contributed by atoms with Crippen LogP contribution in [0.1, 0.15) is 28.3 Å². The summed E-state index contributed by atoms with van der Waals surface area (Å²) in [6, 6.07) is 24.0. The number of ether oxygens (including phenoxy) is 4. The molecule has 0 radical (unpaired) electrons. The van der Waals surface area contributed by atoms with Crippen molar-refractivity contribution in [1.29, 1.82) is 0 Å². The molecule has 5 heterocycles. The molecule has 39 heavy (non-hydrogen) atoms. The molecule has 0 atom stereocenters. The molecule has 4 aromatic rings. The van der Waals surface area contributed by atoms with E-state index in [1.54, 1.807) is 28.4 Å². The molecule has 8 nitrogen and oxygen atoms in total. The van der Waals surface area contributed by atoms with Crippen molar-refractivity contribution in [3.05, 3.63) is 101 Å². The van der Waals surface area contributed by atoms with Gasteiger partial charge in [0, 0.05) is 39.1 Å². The normalized spacial score (nSPS) is 12.7. The molecule has 9 heteroatoms. The average Bonchev–Trinajstić information content (AvgIpc) is 3.71. The zero-order valence-corrected chi connectivity index (χ0v) is 22.9. The number of benzene rings is 1. The van der Waals surface area contributed by atoms with Crippen LogP contribution in [0, 0.1) is 0 Å². The first-order valence-electron chi connectivity index (χ1n) is 12.1. The first-order chi connectivity index (χ1) is 18.6. The van der Waals surface area contributed by atoms with Gasteiger partial charge in [-0.05, 0) is 48.0 Å². The summed E-state index contributed by atoms with van der Waals surface area (Å²) in [6.07, 6.45) is 0. The number of methoxy groups -OCH3 is 4. The number of fused-ring (bicyclic) bond motifs is 8. The fraction of sp³-hybridized carbons (Fsp3) is 0.133. The third-order valence-electron chi connectivity index (χ3n) is 6.48. The molecule has 2 aliphatic rings. The fourth-order valence-corrected chi connectivity index (χ4v) is 4.85. The minimum Gasteiger partial charge on any atom is -0.494 e. The van der Waals surface area contributed by atoms with Crippen LogP contribution in [0.15, 0.2) is 72.8 Å². The Morgan fingerprint density at radius 3 is 1.62 bits per heavy atom. The van der Waals surface area contributed by atoms with Crippen LogP contribution in [0.4, 0.5) is 0 Å². The van der Waals surface area contributed by atoms with Gasteiger partial charge in [-0.1, -0.05) is 30.3 Å². The molecule has 8 bridgehead atoms. The second-order valence-electron chi connectivity index (χ2n) is 8.74. The molecule has 6 rings (SSSR count). The molecule has 198 valence electrons. The Labute approximate surface area is 235 Å². The molecule has 1 aromatic carbocycles. The minimum absolute atomic E-state index is 0. The van der Waals surface area contributed by atoms with Crippen molar-refractivity contribution in [3.63, 3.8) is 0 Å². The maximum absolute atomic E-state index is 5.98. The summed E-state index contributed by atoms with van der Waals surface area (Å²) in [5, 5.41) is 0. The number of hydrogen-bond donors (Lipinski definition) is 2. The van der Waals surface area contributed by atoms with Crippen molar-refractivity contribution in [2.24, 2.45) is 0 Å². The average molecular weight is 562 g/mol. The topological polar surface area (TPSA) is 94.3 Å². The van der Waals surface area contributed by atoms with Crippen LogP contribution in [-0.2, 0) is 31.3 Å². The molecule has 0 saturated carbocycles. The quantitative estimate of drug-likeness (QED) is 0.290. The summed E-state index contributed by atoms with van der Waals surface area (Å²) >= 11 is 0. The Hall–Kier alpha value is -4.46. The van der Waals surface area contributed by atoms with E-state index >= 15 is 0 Å². The van der Waals surface area contributed by atoms with Crippen LogP contribution >= 0.6 is 0 Å². The Morgan fingerprint density at radius 2 is 1.05 bits per heavy atom. The van der Waals surface area contributed by atoms with Crippen molar-refractivity contribution in [1.82, 2.24) is 19.9 Å². The van der Waals surface area contributed by atoms with E-state index in [0.717, 1.165) is 38.9 Å². The molecule has 0 spiro atoms. The van der Waals surface area contributed by atoms with Crippen LogP contribution < -0.4 is 4.74 Å². The summed E-state index contributed by atoms with van der Waals surface area (Å²) < 4.78 is 23.5. The number of rotatable bonds is 5. The zero-order valence-electron chi connectivity index (χ0n) is 21.8. The van der Waals surface area contributed by atoms with Crippen LogP contribution in [0.3, 0.4) is 0 Å². The summed E-state index contributed by atoms with van der Waals surface area (Å²) in [4.78, 5) is 16.8. The van der Waals surface area contributed by atoms with Gasteiger partial charge in [0.05, 0.1) is 39.7 Å². The molecule has 2 N–H and O–H groups in total. The number of nitrogens with one attached hydrogen (secondary N) is 2. The van der Waals surface area contributed by atoms with Crippen molar-refractivity contribution in [3.8, 4) is 5.75 Å². The van der Waals surface area contributed by atoms with Gasteiger partial charge in [-0.3, -0.25) is 0 Å². The Bertz CT molecular complexity index is 1770. The second kappa shape index (κ2) is 10.7. The molecular formula is C30H26FeN4O4. The SMILES string of the molecule is COC1=C(OC)c2nc1cc1ccc(cc3ccc(cc4nc(c2OC)C(OC)=C4c2ccccc2)[nH]3)[nH]1.[Fe]. The van der Waals surface area contributed by atoms with Gasteiger partial charge < -0.3 is 28.9 Å². The van der Waals surface area contributed by atoms with E-state index < -0.39 is 0 Å². The molecule has 0 fully saturated rings. The summed E-state index contributed by atoms with van der Waals surface area (Å²) in [6.45, 7) is 0. The van der Waals surface area contributed by atoms with Gasteiger partial charge >= 0.3 is 0 Å². The van der Waals surface area contributed by atoms with E-state index in [0.29, 0.717) is 40.1 Å².